The highest BCUT2D eigenvalue weighted by atomic mass is 20.0. The lowest BCUT2D eigenvalue weighted by atomic mass is 10.1. The molecule has 12 heteroatoms. The van der Waals surface area contributed by atoms with Gasteiger partial charge >= 0.3 is 5.97 Å². The van der Waals surface area contributed by atoms with E-state index in [1.807, 2.05) is 0 Å². The van der Waals surface area contributed by atoms with Crippen molar-refractivity contribution in [2.24, 2.45) is 0 Å². The van der Waals surface area contributed by atoms with Crippen molar-refractivity contribution < 1.29 is 36.6 Å². The number of likely N-dealkylation sites (N-methyl/N-ethyl adjacent to an activating group) is 1. The van der Waals surface area contributed by atoms with E-state index < -0.39 is 34.4 Å². The summed E-state index contributed by atoms with van der Waals surface area (Å²) in [4.78, 5) is 29.4. The third kappa shape index (κ3) is 4.51. The van der Waals surface area contributed by atoms with Gasteiger partial charge in [0, 0.05) is 50.5 Å². The standard InChI is InChI=1S/C21H17F4N3O3.F2/c1-26-12-4-5-27(9-12)19-8-18-13(7-16(19)24)20(29)14(21(30)31-25)10-28(18)17-3-2-11(22)6-15(17)23;1-2/h2-3,6-8,10,12,26H,4-5,9H2,1H3;. The largest absolute Gasteiger partial charge is 0.385 e. The summed E-state index contributed by atoms with van der Waals surface area (Å²) in [5.74, 6) is -4.16. The van der Waals surface area contributed by atoms with Crippen LogP contribution in [0.3, 0.4) is 0 Å². The zero-order chi connectivity index (χ0) is 24.3. The minimum absolute atomic E-state index is 0.0650. The molecule has 1 N–H and O–H groups in total. The lowest BCUT2D eigenvalue weighted by Crippen LogP contribution is -2.30. The van der Waals surface area contributed by atoms with E-state index in [1.54, 1.807) is 11.9 Å². The molecule has 6 nitrogen and oxygen atoms in total. The summed E-state index contributed by atoms with van der Waals surface area (Å²) in [5, 5.41) is 2.83. The molecular formula is C21H17F6N3O3. The van der Waals surface area contributed by atoms with Gasteiger partial charge in [-0.2, -0.15) is 0 Å². The van der Waals surface area contributed by atoms with Gasteiger partial charge in [0.05, 0.1) is 16.9 Å². The van der Waals surface area contributed by atoms with E-state index >= 15 is 0 Å². The number of nitrogens with zero attached hydrogens (tertiary/aromatic N) is 2. The van der Waals surface area contributed by atoms with E-state index in [4.69, 9.17) is 9.15 Å². The molecule has 1 aliphatic heterocycles. The van der Waals surface area contributed by atoms with Crippen molar-refractivity contribution in [1.82, 2.24) is 9.88 Å². The number of pyridine rings is 1. The second-order valence-electron chi connectivity index (χ2n) is 7.24. The van der Waals surface area contributed by atoms with Crippen LogP contribution in [-0.2, 0) is 4.94 Å². The molecule has 1 aromatic heterocycles. The third-order valence-corrected chi connectivity index (χ3v) is 5.47. The second kappa shape index (κ2) is 9.94. The molecule has 1 unspecified atom stereocenters. The van der Waals surface area contributed by atoms with Crippen molar-refractivity contribution in [2.45, 2.75) is 12.5 Å². The number of hydrogen-bond acceptors (Lipinski definition) is 5. The van der Waals surface area contributed by atoms with E-state index in [-0.39, 0.29) is 28.3 Å². The molecule has 33 heavy (non-hydrogen) atoms. The Balaban J connectivity index is 0.00000149. The van der Waals surface area contributed by atoms with Crippen molar-refractivity contribution in [1.29, 1.82) is 0 Å². The number of halogens is 6. The van der Waals surface area contributed by atoms with Gasteiger partial charge in [-0.15, -0.1) is 0 Å². The number of benzene rings is 2. The van der Waals surface area contributed by atoms with Crippen molar-refractivity contribution in [3.05, 3.63) is 69.8 Å². The zero-order valence-corrected chi connectivity index (χ0v) is 17.0. The number of anilines is 1. The molecular weight excluding hydrogens is 456 g/mol. The minimum Gasteiger partial charge on any atom is -0.367 e. The summed E-state index contributed by atoms with van der Waals surface area (Å²) in [6.45, 7) is 1.07. The number of carbonyl (C=O) groups excluding carboxylic acids is 1. The molecule has 0 radical (unpaired) electrons. The molecule has 0 bridgehead atoms. The first-order valence-electron chi connectivity index (χ1n) is 9.57. The van der Waals surface area contributed by atoms with Gasteiger partial charge in [0.1, 0.15) is 23.0 Å². The molecule has 0 spiro atoms. The molecule has 2 aromatic carbocycles. The normalized spacial score (nSPS) is 15.4. The van der Waals surface area contributed by atoms with E-state index in [9.17, 15) is 27.3 Å². The Morgan fingerprint density at radius 3 is 2.39 bits per heavy atom. The maximum Gasteiger partial charge on any atom is 0.385 e. The van der Waals surface area contributed by atoms with Crippen LogP contribution in [-0.4, -0.2) is 36.7 Å². The molecule has 176 valence electrons. The van der Waals surface area contributed by atoms with Crippen molar-refractivity contribution in [3.8, 4) is 5.69 Å². The number of aromatic nitrogens is 1. The molecule has 0 saturated carbocycles. The lowest BCUT2D eigenvalue weighted by Gasteiger charge is -2.21. The van der Waals surface area contributed by atoms with Crippen LogP contribution in [0.25, 0.3) is 16.6 Å². The average molecular weight is 473 g/mol. The average Bonchev–Trinajstić information content (AvgIpc) is 3.30. The predicted octanol–water partition coefficient (Wildman–Crippen LogP) is 4.09. The SMILES string of the molecule is CNC1CCN(c2cc3c(cc2F)c(=O)c(C(=O)OF)cn3-c2ccc(F)cc2F)C1.FF. The maximum atomic E-state index is 14.9. The van der Waals surface area contributed by atoms with Gasteiger partial charge in [0.15, 0.2) is 0 Å². The highest BCUT2D eigenvalue weighted by Gasteiger charge is 2.26. The van der Waals surface area contributed by atoms with Crippen LogP contribution in [0.5, 0.6) is 0 Å². The Labute approximate surface area is 182 Å². The summed E-state index contributed by atoms with van der Waals surface area (Å²) in [6, 6.07) is 5.12. The zero-order valence-electron chi connectivity index (χ0n) is 17.0. The summed E-state index contributed by atoms with van der Waals surface area (Å²) in [6.07, 6.45) is 1.67. The van der Waals surface area contributed by atoms with Gasteiger partial charge in [0.25, 0.3) is 0 Å². The monoisotopic (exact) mass is 473 g/mol. The van der Waals surface area contributed by atoms with Crippen LogP contribution in [0.1, 0.15) is 16.8 Å². The number of rotatable bonds is 4. The van der Waals surface area contributed by atoms with E-state index in [0.717, 1.165) is 35.4 Å². The van der Waals surface area contributed by atoms with E-state index in [0.29, 0.717) is 19.2 Å². The molecule has 2 heterocycles. The highest BCUT2D eigenvalue weighted by molar-refractivity contribution is 5.95. The first kappa shape index (κ1) is 24.1. The van der Waals surface area contributed by atoms with Gasteiger partial charge in [0.2, 0.25) is 5.43 Å². The number of hydrogen-bond donors (Lipinski definition) is 1. The second-order valence-corrected chi connectivity index (χ2v) is 7.24. The molecule has 1 atom stereocenters. The molecule has 0 amide bonds. The molecule has 4 rings (SSSR count). The third-order valence-electron chi connectivity index (χ3n) is 5.47. The van der Waals surface area contributed by atoms with Crippen LogP contribution in [0.4, 0.5) is 32.5 Å². The summed E-state index contributed by atoms with van der Waals surface area (Å²) < 4.78 is 72.5. The molecule has 3 aromatic rings. The Morgan fingerprint density at radius 1 is 1.09 bits per heavy atom. The fourth-order valence-corrected chi connectivity index (χ4v) is 3.85. The fraction of sp³-hybridized carbons (Fsp3) is 0.238. The van der Waals surface area contributed by atoms with Gasteiger partial charge < -0.3 is 14.8 Å². The molecule has 0 aliphatic carbocycles. The van der Waals surface area contributed by atoms with Gasteiger partial charge in [-0.05, 0) is 37.7 Å². The predicted molar refractivity (Wildman–Crippen MR) is 108 cm³/mol. The van der Waals surface area contributed by atoms with E-state index in [1.165, 1.54) is 6.07 Å². The Morgan fingerprint density at radius 2 is 1.79 bits per heavy atom. The number of carbonyl (C=O) groups is 1. The first-order chi connectivity index (χ1) is 15.8. The smallest absolute Gasteiger partial charge is 0.367 e. The van der Waals surface area contributed by atoms with Crippen LogP contribution in [0.15, 0.2) is 41.3 Å². The minimum atomic E-state index is -1.61. The van der Waals surface area contributed by atoms with Crippen LogP contribution >= 0.6 is 0 Å². The molecule has 1 aliphatic rings. The summed E-state index contributed by atoms with van der Waals surface area (Å²) in [7, 11) is 1.80. The highest BCUT2D eigenvalue weighted by Crippen LogP contribution is 2.30. The van der Waals surface area contributed by atoms with Crippen molar-refractivity contribution in [3.63, 3.8) is 0 Å². The quantitative estimate of drug-likeness (QED) is 0.579. The number of fused-ring (bicyclic) bond motifs is 1. The summed E-state index contributed by atoms with van der Waals surface area (Å²) in [5.41, 5.74) is -1.71. The van der Waals surface area contributed by atoms with Gasteiger partial charge in [-0.25, -0.2) is 22.9 Å². The van der Waals surface area contributed by atoms with Crippen LogP contribution in [0.2, 0.25) is 0 Å². The van der Waals surface area contributed by atoms with Crippen molar-refractivity contribution >= 4 is 22.6 Å². The van der Waals surface area contributed by atoms with Crippen molar-refractivity contribution in [2.75, 3.05) is 25.0 Å². The number of nitrogens with one attached hydrogen (secondary N) is 1. The molecule has 1 fully saturated rings. The van der Waals surface area contributed by atoms with Gasteiger partial charge in [-0.1, -0.05) is 0 Å². The topological polar surface area (TPSA) is 63.6 Å². The lowest BCUT2D eigenvalue weighted by molar-refractivity contribution is -0.0789. The first-order valence-corrected chi connectivity index (χ1v) is 9.57. The van der Waals surface area contributed by atoms with Crippen LogP contribution in [0, 0.1) is 17.5 Å². The maximum absolute atomic E-state index is 14.9. The van der Waals surface area contributed by atoms with Gasteiger partial charge in [-0.3, -0.25) is 4.79 Å². The Bertz CT molecular complexity index is 1250. The fourth-order valence-electron chi connectivity index (χ4n) is 3.85. The summed E-state index contributed by atoms with van der Waals surface area (Å²) >= 11 is 0. The Kier molecular flexibility index (Phi) is 7.26. The van der Waals surface area contributed by atoms with E-state index in [2.05, 4.69) is 10.3 Å². The Hall–Kier alpha value is -3.54. The van der Waals surface area contributed by atoms with Crippen LogP contribution < -0.4 is 15.6 Å². The molecule has 1 saturated heterocycles.